The highest BCUT2D eigenvalue weighted by atomic mass is 35.5. The highest BCUT2D eigenvalue weighted by Gasteiger charge is 2.17. The van der Waals surface area contributed by atoms with Crippen molar-refractivity contribution in [1.29, 1.82) is 0 Å². The van der Waals surface area contributed by atoms with Crippen molar-refractivity contribution >= 4 is 27.4 Å². The van der Waals surface area contributed by atoms with Gasteiger partial charge in [-0.2, -0.15) is 0 Å². The first-order chi connectivity index (χ1) is 9.79. The number of carboxylic acids is 1. The Bertz CT molecular complexity index is 780. The SMILES string of the molecule is Cc1ccc(CS(=O)(=O)c2ccc(C(=O)O)cc2)c(Cl)c1. The molecule has 0 saturated carbocycles. The van der Waals surface area contributed by atoms with Gasteiger partial charge in [-0.1, -0.05) is 23.7 Å². The molecule has 0 fully saturated rings. The molecule has 0 bridgehead atoms. The number of carbonyl (C=O) groups is 1. The largest absolute Gasteiger partial charge is 0.478 e. The molecule has 2 rings (SSSR count). The van der Waals surface area contributed by atoms with E-state index < -0.39 is 15.8 Å². The van der Waals surface area contributed by atoms with Crippen molar-refractivity contribution in [2.75, 3.05) is 0 Å². The Kier molecular flexibility index (Phi) is 4.34. The Morgan fingerprint density at radius 3 is 2.29 bits per heavy atom. The van der Waals surface area contributed by atoms with Crippen molar-refractivity contribution in [3.05, 3.63) is 64.2 Å². The molecule has 2 aromatic carbocycles. The molecule has 0 spiro atoms. The summed E-state index contributed by atoms with van der Waals surface area (Å²) in [4.78, 5) is 10.8. The molecule has 0 aliphatic carbocycles. The van der Waals surface area contributed by atoms with Crippen LogP contribution in [0.1, 0.15) is 21.5 Å². The van der Waals surface area contributed by atoms with E-state index in [4.69, 9.17) is 16.7 Å². The fourth-order valence-electron chi connectivity index (χ4n) is 1.86. The van der Waals surface area contributed by atoms with Gasteiger partial charge in [-0.05, 0) is 48.4 Å². The Morgan fingerprint density at radius 1 is 1.14 bits per heavy atom. The van der Waals surface area contributed by atoms with Crippen molar-refractivity contribution in [3.63, 3.8) is 0 Å². The molecule has 2 aromatic rings. The van der Waals surface area contributed by atoms with Crippen LogP contribution in [0.4, 0.5) is 0 Å². The van der Waals surface area contributed by atoms with E-state index in [2.05, 4.69) is 0 Å². The monoisotopic (exact) mass is 324 g/mol. The lowest BCUT2D eigenvalue weighted by Gasteiger charge is -2.07. The molecule has 0 amide bonds. The zero-order valence-electron chi connectivity index (χ0n) is 11.2. The van der Waals surface area contributed by atoms with Gasteiger partial charge in [0, 0.05) is 5.02 Å². The first-order valence-corrected chi connectivity index (χ1v) is 8.14. The summed E-state index contributed by atoms with van der Waals surface area (Å²) in [6.45, 7) is 1.87. The van der Waals surface area contributed by atoms with Crippen LogP contribution in [0.5, 0.6) is 0 Å². The highest BCUT2D eigenvalue weighted by molar-refractivity contribution is 7.90. The van der Waals surface area contributed by atoms with E-state index >= 15 is 0 Å². The molecule has 0 aliphatic heterocycles. The van der Waals surface area contributed by atoms with Gasteiger partial charge in [0.1, 0.15) is 0 Å². The summed E-state index contributed by atoms with van der Waals surface area (Å²) in [6, 6.07) is 10.3. The molecule has 0 aliphatic rings. The molecule has 0 saturated heterocycles. The normalized spacial score (nSPS) is 11.3. The number of aromatic carboxylic acids is 1. The van der Waals surface area contributed by atoms with Gasteiger partial charge in [-0.15, -0.1) is 0 Å². The van der Waals surface area contributed by atoms with Crippen LogP contribution in [-0.2, 0) is 15.6 Å². The molecule has 0 aromatic heterocycles. The lowest BCUT2D eigenvalue weighted by molar-refractivity contribution is 0.0696. The van der Waals surface area contributed by atoms with E-state index in [-0.39, 0.29) is 16.2 Å². The first kappa shape index (κ1) is 15.5. The molecule has 0 unspecified atom stereocenters. The van der Waals surface area contributed by atoms with E-state index in [0.29, 0.717) is 10.6 Å². The van der Waals surface area contributed by atoms with Gasteiger partial charge in [-0.25, -0.2) is 13.2 Å². The summed E-state index contributed by atoms with van der Waals surface area (Å²) in [5, 5.41) is 9.21. The summed E-state index contributed by atoms with van der Waals surface area (Å²) in [5.41, 5.74) is 1.51. The van der Waals surface area contributed by atoms with Crippen molar-refractivity contribution in [2.24, 2.45) is 0 Å². The Morgan fingerprint density at radius 2 is 1.76 bits per heavy atom. The fraction of sp³-hybridized carbons (Fsp3) is 0.133. The van der Waals surface area contributed by atoms with Gasteiger partial charge < -0.3 is 5.11 Å². The fourth-order valence-corrected chi connectivity index (χ4v) is 3.62. The van der Waals surface area contributed by atoms with Crippen LogP contribution in [0.15, 0.2) is 47.4 Å². The Balaban J connectivity index is 2.31. The Hall–Kier alpha value is -1.85. The summed E-state index contributed by atoms with van der Waals surface area (Å²) in [7, 11) is -3.57. The average molecular weight is 325 g/mol. The molecule has 110 valence electrons. The molecule has 4 nitrogen and oxygen atoms in total. The van der Waals surface area contributed by atoms with Gasteiger partial charge in [0.25, 0.3) is 0 Å². The predicted molar refractivity (Wildman–Crippen MR) is 80.5 cm³/mol. The molecule has 6 heteroatoms. The highest BCUT2D eigenvalue weighted by Crippen LogP contribution is 2.23. The maximum Gasteiger partial charge on any atom is 0.335 e. The van der Waals surface area contributed by atoms with Crippen LogP contribution >= 0.6 is 11.6 Å². The quantitative estimate of drug-likeness (QED) is 0.936. The predicted octanol–water partition coefficient (Wildman–Crippen LogP) is 3.32. The summed E-state index contributed by atoms with van der Waals surface area (Å²) < 4.78 is 24.6. The van der Waals surface area contributed by atoms with E-state index in [9.17, 15) is 13.2 Å². The van der Waals surface area contributed by atoms with Crippen molar-refractivity contribution in [1.82, 2.24) is 0 Å². The third kappa shape index (κ3) is 3.62. The standard InChI is InChI=1S/C15H13ClO4S/c1-10-2-3-12(14(16)8-10)9-21(19,20)13-6-4-11(5-7-13)15(17)18/h2-8H,9H2,1H3,(H,17,18). The number of rotatable bonds is 4. The molecule has 1 N–H and O–H groups in total. The van der Waals surface area contributed by atoms with Gasteiger partial charge in [0.2, 0.25) is 0 Å². The maximum atomic E-state index is 12.3. The zero-order chi connectivity index (χ0) is 15.6. The van der Waals surface area contributed by atoms with E-state index in [1.54, 1.807) is 18.2 Å². The van der Waals surface area contributed by atoms with Gasteiger partial charge in [0.05, 0.1) is 16.2 Å². The molecular formula is C15H13ClO4S. The smallest absolute Gasteiger partial charge is 0.335 e. The topological polar surface area (TPSA) is 71.4 Å². The van der Waals surface area contributed by atoms with Crippen molar-refractivity contribution < 1.29 is 18.3 Å². The first-order valence-electron chi connectivity index (χ1n) is 6.11. The third-order valence-electron chi connectivity index (χ3n) is 3.01. The second-order valence-electron chi connectivity index (χ2n) is 4.68. The number of sulfone groups is 1. The molecule has 21 heavy (non-hydrogen) atoms. The molecule has 0 radical (unpaired) electrons. The minimum atomic E-state index is -3.57. The third-order valence-corrected chi connectivity index (χ3v) is 5.05. The van der Waals surface area contributed by atoms with E-state index in [0.717, 1.165) is 5.56 Å². The number of hydrogen-bond donors (Lipinski definition) is 1. The zero-order valence-corrected chi connectivity index (χ0v) is 12.8. The molecule has 0 heterocycles. The van der Waals surface area contributed by atoms with Gasteiger partial charge in [0.15, 0.2) is 9.84 Å². The number of carboxylic acid groups (broad SMARTS) is 1. The van der Waals surface area contributed by atoms with E-state index in [1.165, 1.54) is 24.3 Å². The van der Waals surface area contributed by atoms with Crippen LogP contribution in [0.25, 0.3) is 0 Å². The molecular weight excluding hydrogens is 312 g/mol. The van der Waals surface area contributed by atoms with Crippen LogP contribution in [0.3, 0.4) is 0 Å². The Labute approximate surface area is 127 Å². The number of benzene rings is 2. The lowest BCUT2D eigenvalue weighted by atomic mass is 10.2. The van der Waals surface area contributed by atoms with Gasteiger partial charge >= 0.3 is 5.97 Å². The van der Waals surface area contributed by atoms with Crippen LogP contribution < -0.4 is 0 Å². The van der Waals surface area contributed by atoms with Crippen LogP contribution in [0.2, 0.25) is 5.02 Å². The van der Waals surface area contributed by atoms with E-state index in [1.807, 2.05) is 6.92 Å². The maximum absolute atomic E-state index is 12.3. The number of hydrogen-bond acceptors (Lipinski definition) is 3. The average Bonchev–Trinajstić information content (AvgIpc) is 2.42. The summed E-state index contributed by atoms with van der Waals surface area (Å²) in [6.07, 6.45) is 0. The minimum absolute atomic E-state index is 0.0438. The summed E-state index contributed by atoms with van der Waals surface area (Å²) in [5.74, 6) is -1.32. The summed E-state index contributed by atoms with van der Waals surface area (Å²) >= 11 is 6.05. The minimum Gasteiger partial charge on any atom is -0.478 e. The van der Waals surface area contributed by atoms with Crippen molar-refractivity contribution in [2.45, 2.75) is 17.6 Å². The number of aryl methyl sites for hydroxylation is 1. The van der Waals surface area contributed by atoms with Crippen LogP contribution in [0, 0.1) is 6.92 Å². The van der Waals surface area contributed by atoms with Gasteiger partial charge in [-0.3, -0.25) is 0 Å². The van der Waals surface area contributed by atoms with Crippen LogP contribution in [-0.4, -0.2) is 19.5 Å². The lowest BCUT2D eigenvalue weighted by Crippen LogP contribution is -2.06. The molecule has 0 atom stereocenters. The number of halogens is 1. The second kappa shape index (κ2) is 5.87. The second-order valence-corrected chi connectivity index (χ2v) is 7.08. The van der Waals surface area contributed by atoms with Crippen molar-refractivity contribution in [3.8, 4) is 0 Å².